The van der Waals surface area contributed by atoms with Crippen LogP contribution in [0.1, 0.15) is 50.2 Å². The van der Waals surface area contributed by atoms with Gasteiger partial charge in [-0.15, -0.1) is 0 Å². The van der Waals surface area contributed by atoms with Crippen molar-refractivity contribution in [3.05, 3.63) is 53.6 Å². The van der Waals surface area contributed by atoms with E-state index in [0.29, 0.717) is 37.5 Å². The Morgan fingerprint density at radius 3 is 2.54 bits per heavy atom. The van der Waals surface area contributed by atoms with Crippen LogP contribution in [0.25, 0.3) is 0 Å². The summed E-state index contributed by atoms with van der Waals surface area (Å²) >= 11 is 0. The van der Waals surface area contributed by atoms with Gasteiger partial charge >= 0.3 is 6.03 Å². The lowest BCUT2D eigenvalue weighted by molar-refractivity contribution is 0.238. The molecule has 1 saturated carbocycles. The lowest BCUT2D eigenvalue weighted by Gasteiger charge is -2.40. The maximum Gasteiger partial charge on any atom is 0.322 e. The zero-order chi connectivity index (χ0) is 24.6. The third-order valence-electron chi connectivity index (χ3n) is 7.69. The molecule has 2 heterocycles. The number of nitrogens with one attached hydrogen (secondary N) is 1. The van der Waals surface area contributed by atoms with E-state index >= 15 is 0 Å². The first-order valence-corrected chi connectivity index (χ1v) is 14.3. The molecule has 0 aromatic heterocycles. The number of hydrogen-bond donors (Lipinski definition) is 1. The largest absolute Gasteiger partial charge is 0.366 e. The molecule has 7 nitrogen and oxygen atoms in total. The summed E-state index contributed by atoms with van der Waals surface area (Å²) in [6, 6.07) is 13.9. The molecule has 2 fully saturated rings. The molecule has 2 aliphatic heterocycles. The van der Waals surface area contributed by atoms with E-state index in [-0.39, 0.29) is 18.1 Å². The minimum Gasteiger partial charge on any atom is -0.366 e. The fourth-order valence-corrected chi connectivity index (χ4v) is 7.29. The van der Waals surface area contributed by atoms with Crippen LogP contribution in [-0.4, -0.2) is 57.0 Å². The number of carbonyl (C=O) groups is 1. The van der Waals surface area contributed by atoms with Crippen LogP contribution in [0.3, 0.4) is 0 Å². The maximum absolute atomic E-state index is 13.5. The first-order valence-electron chi connectivity index (χ1n) is 12.9. The summed E-state index contributed by atoms with van der Waals surface area (Å²) in [4.78, 5) is 17.3. The zero-order valence-electron chi connectivity index (χ0n) is 20.7. The number of benzene rings is 2. The van der Waals surface area contributed by atoms with E-state index in [9.17, 15) is 13.2 Å². The Hall–Kier alpha value is -2.58. The lowest BCUT2D eigenvalue weighted by Crippen LogP contribution is -2.53. The summed E-state index contributed by atoms with van der Waals surface area (Å²) < 4.78 is 28.7. The summed E-state index contributed by atoms with van der Waals surface area (Å²) in [5.74, 6) is 0. The molecule has 0 bridgehead atoms. The van der Waals surface area contributed by atoms with Crippen molar-refractivity contribution in [1.29, 1.82) is 0 Å². The Morgan fingerprint density at radius 2 is 1.80 bits per heavy atom. The van der Waals surface area contributed by atoms with Crippen LogP contribution >= 0.6 is 0 Å². The van der Waals surface area contributed by atoms with E-state index in [0.717, 1.165) is 29.8 Å². The molecule has 2 amide bonds. The van der Waals surface area contributed by atoms with Crippen LogP contribution in [0.2, 0.25) is 0 Å². The number of aryl methyl sites for hydroxylation is 1. The molecule has 2 aromatic carbocycles. The van der Waals surface area contributed by atoms with Gasteiger partial charge in [-0.25, -0.2) is 13.2 Å². The fraction of sp³-hybridized carbons (Fsp3) is 0.519. The zero-order valence-corrected chi connectivity index (χ0v) is 21.6. The van der Waals surface area contributed by atoms with Crippen LogP contribution in [0.15, 0.2) is 47.4 Å². The Balaban J connectivity index is 1.28. The van der Waals surface area contributed by atoms with Crippen molar-refractivity contribution in [2.24, 2.45) is 0 Å². The van der Waals surface area contributed by atoms with Gasteiger partial charge in [0.05, 0.1) is 4.90 Å². The summed E-state index contributed by atoms with van der Waals surface area (Å²) in [5, 5.41) is 3.18. The minimum atomic E-state index is -3.60. The first kappa shape index (κ1) is 24.1. The number of nitrogens with zero attached hydrogens (tertiary/aromatic N) is 3. The molecule has 1 N–H and O–H groups in total. The topological polar surface area (TPSA) is 73.0 Å². The van der Waals surface area contributed by atoms with E-state index in [1.165, 1.54) is 24.8 Å². The predicted octanol–water partition coefficient (Wildman–Crippen LogP) is 4.30. The molecule has 8 heteroatoms. The monoisotopic (exact) mass is 496 g/mol. The molecule has 0 radical (unpaired) electrons. The molecular formula is C27H36N4O3S. The molecule has 2 aromatic rings. The third-order valence-corrected chi connectivity index (χ3v) is 9.55. The summed E-state index contributed by atoms with van der Waals surface area (Å²) in [6.45, 7) is 6.30. The summed E-state index contributed by atoms with van der Waals surface area (Å²) in [7, 11) is -3.60. The van der Waals surface area contributed by atoms with E-state index in [1.807, 2.05) is 12.1 Å². The van der Waals surface area contributed by atoms with Gasteiger partial charge in [0.1, 0.15) is 0 Å². The molecule has 188 valence electrons. The van der Waals surface area contributed by atoms with Crippen molar-refractivity contribution in [2.45, 2.75) is 69.4 Å². The smallest absolute Gasteiger partial charge is 0.322 e. The molecule has 0 spiro atoms. The highest BCUT2D eigenvalue weighted by molar-refractivity contribution is 7.89. The molecular weight excluding hydrogens is 460 g/mol. The summed E-state index contributed by atoms with van der Waals surface area (Å²) in [5.41, 5.74) is 4.09. The molecule has 1 aliphatic carbocycles. The summed E-state index contributed by atoms with van der Waals surface area (Å²) in [6.07, 6.45) is 6.34. The van der Waals surface area contributed by atoms with E-state index in [2.05, 4.69) is 42.3 Å². The highest BCUT2D eigenvalue weighted by Crippen LogP contribution is 2.32. The number of urea groups is 1. The van der Waals surface area contributed by atoms with E-state index in [4.69, 9.17) is 0 Å². The number of sulfonamides is 1. The van der Waals surface area contributed by atoms with Gasteiger partial charge in [0.25, 0.3) is 0 Å². The van der Waals surface area contributed by atoms with Crippen molar-refractivity contribution in [2.75, 3.05) is 36.0 Å². The SMILES string of the molecule is Cc1cccc(N2CCN(S(=O)(=O)c3ccc4c(c3)CCN4C(=O)NC3CCCCC3)C[C@H]2C)c1. The molecule has 3 aliphatic rings. The number of piperazine rings is 1. The van der Waals surface area contributed by atoms with Crippen LogP contribution in [-0.2, 0) is 16.4 Å². The predicted molar refractivity (Wildman–Crippen MR) is 140 cm³/mol. The number of fused-ring (bicyclic) bond motifs is 1. The van der Waals surface area contributed by atoms with Crippen molar-refractivity contribution >= 4 is 27.4 Å². The number of amides is 2. The number of rotatable bonds is 4. The van der Waals surface area contributed by atoms with Gasteiger partial charge in [-0.1, -0.05) is 31.4 Å². The number of anilines is 2. The highest BCUT2D eigenvalue weighted by atomic mass is 32.2. The molecule has 1 saturated heterocycles. The van der Waals surface area contributed by atoms with Gasteiger partial charge in [-0.05, 0) is 74.6 Å². The lowest BCUT2D eigenvalue weighted by atomic mass is 9.96. The maximum atomic E-state index is 13.5. The van der Waals surface area contributed by atoms with Crippen LogP contribution in [0.4, 0.5) is 16.2 Å². The normalized spacial score (nSPS) is 21.7. The van der Waals surface area contributed by atoms with Crippen LogP contribution in [0.5, 0.6) is 0 Å². The van der Waals surface area contributed by atoms with Crippen molar-refractivity contribution in [1.82, 2.24) is 9.62 Å². The minimum absolute atomic E-state index is 0.0626. The van der Waals surface area contributed by atoms with E-state index in [1.54, 1.807) is 21.3 Å². The van der Waals surface area contributed by atoms with Crippen molar-refractivity contribution in [3.63, 3.8) is 0 Å². The Kier molecular flexibility index (Phi) is 6.77. The Labute approximate surface area is 209 Å². The van der Waals surface area contributed by atoms with Gasteiger partial charge in [-0.2, -0.15) is 4.31 Å². The fourth-order valence-electron chi connectivity index (χ4n) is 5.73. The molecule has 0 unspecified atom stereocenters. The van der Waals surface area contributed by atoms with E-state index < -0.39 is 10.0 Å². The second-order valence-electron chi connectivity index (χ2n) is 10.2. The Morgan fingerprint density at radius 1 is 1.00 bits per heavy atom. The molecule has 1 atom stereocenters. The second-order valence-corrected chi connectivity index (χ2v) is 12.2. The number of carbonyl (C=O) groups excluding carboxylic acids is 1. The average molecular weight is 497 g/mol. The Bertz CT molecular complexity index is 1190. The standard InChI is InChI=1S/C27H36N4O3S/c1-20-7-6-10-24(17-20)30-16-15-29(19-21(30)2)35(33,34)25-11-12-26-22(18-25)13-14-31(26)27(32)28-23-8-4-3-5-9-23/h6-7,10-12,17-18,21,23H,3-5,8-9,13-16,19H2,1-2H3,(H,28,32)/t21-/m1/s1. The van der Waals surface area contributed by atoms with Crippen LogP contribution in [0, 0.1) is 6.92 Å². The second kappa shape index (κ2) is 9.82. The molecule has 5 rings (SSSR count). The van der Waals surface area contributed by atoms with Gasteiger partial charge in [0.2, 0.25) is 10.0 Å². The third kappa shape index (κ3) is 4.91. The first-order chi connectivity index (χ1) is 16.8. The quantitative estimate of drug-likeness (QED) is 0.685. The van der Waals surface area contributed by atoms with Crippen molar-refractivity contribution < 1.29 is 13.2 Å². The van der Waals surface area contributed by atoms with Gasteiger partial charge in [0, 0.05) is 49.6 Å². The van der Waals surface area contributed by atoms with Gasteiger partial charge < -0.3 is 10.2 Å². The average Bonchev–Trinajstić information content (AvgIpc) is 3.28. The number of hydrogen-bond acceptors (Lipinski definition) is 4. The highest BCUT2D eigenvalue weighted by Gasteiger charge is 2.34. The van der Waals surface area contributed by atoms with Gasteiger partial charge in [-0.3, -0.25) is 4.90 Å². The molecule has 35 heavy (non-hydrogen) atoms. The van der Waals surface area contributed by atoms with Crippen molar-refractivity contribution in [3.8, 4) is 0 Å². The van der Waals surface area contributed by atoms with Gasteiger partial charge in [0.15, 0.2) is 0 Å². The van der Waals surface area contributed by atoms with Crippen LogP contribution < -0.4 is 15.1 Å².